The van der Waals surface area contributed by atoms with Crippen molar-refractivity contribution in [3.63, 3.8) is 0 Å². The summed E-state index contributed by atoms with van der Waals surface area (Å²) in [5, 5.41) is 0.264. The van der Waals surface area contributed by atoms with Gasteiger partial charge in [0.25, 0.3) is 0 Å². The minimum atomic E-state index is -3.79. The van der Waals surface area contributed by atoms with E-state index in [1.165, 1.54) is 24.3 Å². The van der Waals surface area contributed by atoms with Gasteiger partial charge in [-0.2, -0.15) is 0 Å². The van der Waals surface area contributed by atoms with Crippen LogP contribution in [0, 0.1) is 0 Å². The Balaban J connectivity index is 1.68. The van der Waals surface area contributed by atoms with E-state index in [2.05, 4.69) is 9.44 Å². The summed E-state index contributed by atoms with van der Waals surface area (Å²) in [5.74, 6) is 0. The highest BCUT2D eigenvalue weighted by atomic mass is 35.5. The summed E-state index contributed by atoms with van der Waals surface area (Å²) in [4.78, 5) is -0.00866. The largest absolute Gasteiger partial charge is 0.242 e. The molecule has 0 fully saturated rings. The van der Waals surface area contributed by atoms with Crippen molar-refractivity contribution in [2.24, 2.45) is 0 Å². The zero-order chi connectivity index (χ0) is 21.8. The van der Waals surface area contributed by atoms with E-state index in [0.717, 1.165) is 0 Å². The Morgan fingerprint density at radius 2 is 1.00 bits per heavy atom. The van der Waals surface area contributed by atoms with Crippen LogP contribution in [-0.4, -0.2) is 16.8 Å². The minimum absolute atomic E-state index is 0.00433. The Hall–Kier alpha value is -1.94. The van der Waals surface area contributed by atoms with Gasteiger partial charge < -0.3 is 0 Å². The Bertz CT molecular complexity index is 1170. The first-order chi connectivity index (χ1) is 14.2. The highest BCUT2D eigenvalue weighted by Crippen LogP contribution is 2.21. The first-order valence-electron chi connectivity index (χ1n) is 8.75. The molecule has 0 aliphatic rings. The normalized spacial score (nSPS) is 12.1. The molecule has 3 rings (SSSR count). The summed E-state index contributed by atoms with van der Waals surface area (Å²) >= 11 is 11.9. The van der Waals surface area contributed by atoms with Gasteiger partial charge >= 0.3 is 0 Å². The number of halogens is 2. The van der Waals surface area contributed by atoms with E-state index in [-0.39, 0.29) is 32.9 Å². The SMILES string of the molecule is O=S(=O)(NCc1cccc(CNS(=O)(=O)c2ccccc2Cl)c1)c1ccccc1Cl. The summed E-state index contributed by atoms with van der Waals surface area (Å²) in [6.45, 7) is 0.0529. The van der Waals surface area contributed by atoms with Crippen LogP contribution in [0.1, 0.15) is 11.1 Å². The van der Waals surface area contributed by atoms with E-state index in [9.17, 15) is 16.8 Å². The van der Waals surface area contributed by atoms with Crippen molar-refractivity contribution in [3.05, 3.63) is 94.0 Å². The topological polar surface area (TPSA) is 92.3 Å². The van der Waals surface area contributed by atoms with Gasteiger partial charge in [-0.15, -0.1) is 0 Å². The summed E-state index contributed by atoms with van der Waals surface area (Å²) in [6, 6.07) is 19.2. The molecule has 0 atom stereocenters. The van der Waals surface area contributed by atoms with Gasteiger partial charge in [-0.05, 0) is 35.4 Å². The second-order valence-corrected chi connectivity index (χ2v) is 10.6. The first kappa shape index (κ1) is 22.7. The average molecular weight is 485 g/mol. The molecule has 3 aromatic carbocycles. The van der Waals surface area contributed by atoms with Crippen LogP contribution in [0.4, 0.5) is 0 Å². The summed E-state index contributed by atoms with van der Waals surface area (Å²) in [6.07, 6.45) is 0. The molecule has 10 heteroatoms. The highest BCUT2D eigenvalue weighted by Gasteiger charge is 2.18. The molecule has 0 amide bonds. The lowest BCUT2D eigenvalue weighted by molar-refractivity contribution is 0.580. The number of hydrogen-bond acceptors (Lipinski definition) is 4. The predicted octanol–water partition coefficient (Wildman–Crippen LogP) is 3.95. The number of hydrogen-bond donors (Lipinski definition) is 2. The molecule has 0 aliphatic carbocycles. The van der Waals surface area contributed by atoms with Crippen molar-refractivity contribution in [2.45, 2.75) is 22.9 Å². The maximum Gasteiger partial charge on any atom is 0.242 e. The fourth-order valence-corrected chi connectivity index (χ4v) is 5.76. The quantitative estimate of drug-likeness (QED) is 0.506. The maximum atomic E-state index is 12.5. The zero-order valence-corrected chi connectivity index (χ0v) is 18.7. The molecule has 6 nitrogen and oxygen atoms in total. The molecule has 0 unspecified atom stereocenters. The summed E-state index contributed by atoms with van der Waals surface area (Å²) in [7, 11) is -7.57. The Labute approximate surface area is 186 Å². The van der Waals surface area contributed by atoms with E-state index in [1.807, 2.05) is 0 Å². The number of sulfonamides is 2. The zero-order valence-electron chi connectivity index (χ0n) is 15.5. The van der Waals surface area contributed by atoms with Crippen molar-refractivity contribution < 1.29 is 16.8 Å². The Morgan fingerprint density at radius 3 is 1.40 bits per heavy atom. The van der Waals surface area contributed by atoms with Crippen molar-refractivity contribution in [1.29, 1.82) is 0 Å². The first-order valence-corrected chi connectivity index (χ1v) is 12.5. The second kappa shape index (κ2) is 9.47. The van der Waals surface area contributed by atoms with Crippen LogP contribution in [0.2, 0.25) is 10.0 Å². The molecular weight excluding hydrogens is 467 g/mol. The molecule has 0 saturated carbocycles. The fraction of sp³-hybridized carbons (Fsp3) is 0.100. The molecule has 0 radical (unpaired) electrons. The maximum absolute atomic E-state index is 12.5. The fourth-order valence-electron chi connectivity index (χ4n) is 2.69. The van der Waals surface area contributed by atoms with Crippen LogP contribution < -0.4 is 9.44 Å². The van der Waals surface area contributed by atoms with Crippen LogP contribution in [0.3, 0.4) is 0 Å². The lowest BCUT2D eigenvalue weighted by Crippen LogP contribution is -2.24. The molecule has 0 aliphatic heterocycles. The standard InChI is InChI=1S/C20H18Cl2N2O4S2/c21-17-8-1-3-10-19(17)29(25,26)23-13-15-6-5-7-16(12-15)14-24-30(27,28)20-11-4-2-9-18(20)22/h1-12,23-24H,13-14H2. The van der Waals surface area contributed by atoms with Crippen molar-refractivity contribution in [1.82, 2.24) is 9.44 Å². The highest BCUT2D eigenvalue weighted by molar-refractivity contribution is 7.89. The van der Waals surface area contributed by atoms with Crippen molar-refractivity contribution in [3.8, 4) is 0 Å². The van der Waals surface area contributed by atoms with Crippen LogP contribution in [0.15, 0.2) is 82.6 Å². The molecule has 30 heavy (non-hydrogen) atoms. The van der Waals surface area contributed by atoms with E-state index in [1.54, 1.807) is 48.5 Å². The summed E-state index contributed by atoms with van der Waals surface area (Å²) in [5.41, 5.74) is 1.33. The lowest BCUT2D eigenvalue weighted by Gasteiger charge is -2.11. The van der Waals surface area contributed by atoms with Gasteiger partial charge in [0.05, 0.1) is 10.0 Å². The monoisotopic (exact) mass is 484 g/mol. The van der Waals surface area contributed by atoms with Gasteiger partial charge in [0.2, 0.25) is 20.0 Å². The van der Waals surface area contributed by atoms with Crippen LogP contribution in [0.5, 0.6) is 0 Å². The smallest absolute Gasteiger partial charge is 0.207 e. The van der Waals surface area contributed by atoms with Crippen molar-refractivity contribution >= 4 is 43.2 Å². The second-order valence-electron chi connectivity index (χ2n) is 6.33. The molecule has 3 aromatic rings. The van der Waals surface area contributed by atoms with E-state index >= 15 is 0 Å². The Morgan fingerprint density at radius 1 is 0.600 bits per heavy atom. The molecule has 0 saturated heterocycles. The van der Waals surface area contributed by atoms with Gasteiger partial charge in [-0.1, -0.05) is 71.7 Å². The van der Waals surface area contributed by atoms with E-state index < -0.39 is 20.0 Å². The van der Waals surface area contributed by atoms with Gasteiger partial charge in [0.15, 0.2) is 0 Å². The van der Waals surface area contributed by atoms with Gasteiger partial charge in [-0.25, -0.2) is 26.3 Å². The molecule has 0 spiro atoms. The lowest BCUT2D eigenvalue weighted by atomic mass is 10.1. The Kier molecular flexibility index (Phi) is 7.18. The van der Waals surface area contributed by atoms with Gasteiger partial charge in [-0.3, -0.25) is 0 Å². The van der Waals surface area contributed by atoms with E-state index in [0.29, 0.717) is 11.1 Å². The molecule has 2 N–H and O–H groups in total. The third kappa shape index (κ3) is 5.60. The molecule has 0 bridgehead atoms. The van der Waals surface area contributed by atoms with Gasteiger partial charge in [0, 0.05) is 13.1 Å². The molecular formula is C20H18Cl2N2O4S2. The van der Waals surface area contributed by atoms with Crippen LogP contribution in [-0.2, 0) is 33.1 Å². The predicted molar refractivity (Wildman–Crippen MR) is 117 cm³/mol. The third-order valence-corrected chi connectivity index (χ3v) is 7.98. The van der Waals surface area contributed by atoms with E-state index in [4.69, 9.17) is 23.2 Å². The number of nitrogens with one attached hydrogen (secondary N) is 2. The summed E-state index contributed by atoms with van der Waals surface area (Å²) < 4.78 is 54.8. The average Bonchev–Trinajstić information content (AvgIpc) is 2.72. The molecule has 158 valence electrons. The third-order valence-electron chi connectivity index (χ3n) is 4.18. The number of rotatable bonds is 8. The van der Waals surface area contributed by atoms with Crippen LogP contribution >= 0.6 is 23.2 Å². The van der Waals surface area contributed by atoms with Gasteiger partial charge in [0.1, 0.15) is 9.79 Å². The number of benzene rings is 3. The molecule has 0 heterocycles. The van der Waals surface area contributed by atoms with Crippen molar-refractivity contribution in [2.75, 3.05) is 0 Å². The molecule has 0 aromatic heterocycles. The minimum Gasteiger partial charge on any atom is -0.207 e. The van der Waals surface area contributed by atoms with Crippen LogP contribution in [0.25, 0.3) is 0 Å².